The Morgan fingerprint density at radius 3 is 0.548 bits per heavy atom. The van der Waals surface area contributed by atoms with Crippen LogP contribution in [0.25, 0.3) is 0 Å². The highest BCUT2D eigenvalue weighted by atomic mass is 16.5. The van der Waals surface area contributed by atoms with Crippen molar-refractivity contribution >= 4 is 149 Å². The van der Waals surface area contributed by atoms with Crippen molar-refractivity contribution in [2.75, 3.05) is 29.4 Å². The van der Waals surface area contributed by atoms with E-state index in [0.717, 1.165) is 126 Å². The van der Waals surface area contributed by atoms with Gasteiger partial charge < -0.3 is 48.3 Å². The highest BCUT2D eigenvalue weighted by Gasteiger charge is 2.44. The molecular formula is C114H100B2N6O4. The molecule has 616 valence electrons. The quantitative estimate of drug-likeness (QED) is 0.0984. The van der Waals surface area contributed by atoms with E-state index in [1.807, 2.05) is 48.5 Å². The molecule has 6 aliphatic rings. The first kappa shape index (κ1) is 78.9. The van der Waals surface area contributed by atoms with Crippen LogP contribution in [0.2, 0.25) is 0 Å². The number of para-hydroxylation sites is 18. The van der Waals surface area contributed by atoms with Crippen LogP contribution in [0.3, 0.4) is 0 Å². The van der Waals surface area contributed by atoms with Crippen molar-refractivity contribution in [2.45, 2.75) is 119 Å². The molecule has 0 fully saturated rings. The zero-order valence-electron chi connectivity index (χ0n) is 73.4. The molecule has 0 atom stereocenters. The molecule has 0 saturated heterocycles. The van der Waals surface area contributed by atoms with E-state index in [4.69, 9.17) is 18.9 Å². The summed E-state index contributed by atoms with van der Waals surface area (Å²) in [6.07, 6.45) is 0. The monoisotopic (exact) mass is 1640 g/mol. The molecule has 22 rings (SSSR count). The fourth-order valence-corrected chi connectivity index (χ4v) is 20.0. The molecule has 0 bridgehead atoms. The molecule has 0 N–H and O–H groups in total. The van der Waals surface area contributed by atoms with Crippen molar-refractivity contribution in [1.29, 1.82) is 0 Å². The van der Waals surface area contributed by atoms with E-state index in [1.165, 1.54) is 88.9 Å². The standard InChI is InChI=1S/2C57H50BN3O2/c2*1-36(2)39-32-43(37(3)4)57(44(33-39)38(5)6)58-45-34-41(60-49-20-10-14-24-53(49)62-54-25-15-11-21-50(54)60)28-30-47(45)59(40-18-8-7-9-19-40)48-31-29-42(35-46(48)58)61-51-22-12-16-26-55(51)63-56-27-17-13-23-52(56)61/h2*7-38H,1-6H3. The largest absolute Gasteiger partial charge is 0.453 e. The molecule has 0 saturated carbocycles. The maximum absolute atomic E-state index is 6.53. The van der Waals surface area contributed by atoms with E-state index in [0.29, 0.717) is 11.8 Å². The fourth-order valence-electron chi connectivity index (χ4n) is 20.0. The van der Waals surface area contributed by atoms with Gasteiger partial charge in [0.05, 0.1) is 45.5 Å². The summed E-state index contributed by atoms with van der Waals surface area (Å²) in [4.78, 5) is 14.5. The third-order valence-electron chi connectivity index (χ3n) is 26.0. The third kappa shape index (κ3) is 13.5. The van der Waals surface area contributed by atoms with Crippen molar-refractivity contribution in [3.8, 4) is 46.0 Å². The molecule has 0 aromatic heterocycles. The van der Waals surface area contributed by atoms with Crippen LogP contribution in [-0.2, 0) is 0 Å². The number of benzene rings is 16. The minimum absolute atomic E-state index is 0.107. The number of hydrogen-bond donors (Lipinski definition) is 0. The summed E-state index contributed by atoms with van der Waals surface area (Å²) in [5, 5.41) is 0. The van der Waals surface area contributed by atoms with Crippen LogP contribution in [0.5, 0.6) is 46.0 Å². The first-order chi connectivity index (χ1) is 61.5. The van der Waals surface area contributed by atoms with Crippen molar-refractivity contribution in [3.63, 3.8) is 0 Å². The Morgan fingerprint density at radius 1 is 0.175 bits per heavy atom. The third-order valence-corrected chi connectivity index (χ3v) is 26.0. The highest BCUT2D eigenvalue weighted by Crippen LogP contribution is 2.57. The topological polar surface area (TPSA) is 56.4 Å². The van der Waals surface area contributed by atoms with Gasteiger partial charge in [0.25, 0.3) is 0 Å². The van der Waals surface area contributed by atoms with Crippen LogP contribution in [-0.4, -0.2) is 13.4 Å². The SMILES string of the molecule is CC(C)c1cc(C(C)C)c(B2c3cc(N4c5ccccc5Oc5ccccc54)ccc3N(c3ccccc3)c3ccc(N4c5ccccc5Oc5ccccc54)cc32)c(C(C)C)c1.CC(C)c1cc(C(C)C)c(B2c3cc(N4c5ccccc5Oc5ccccc54)ccc3N(c3ccccc3)c3ccc(N4c5ccccc5Oc5ccccc54)cc32)c(C(C)C)c1. The summed E-state index contributed by atoms with van der Waals surface area (Å²) < 4.78 is 26.1. The van der Waals surface area contributed by atoms with Gasteiger partial charge in [-0.25, -0.2) is 0 Å². The van der Waals surface area contributed by atoms with E-state index in [9.17, 15) is 0 Å². The van der Waals surface area contributed by atoms with E-state index in [-0.39, 0.29) is 37.1 Å². The fraction of sp³-hybridized carbons (Fsp3) is 0.158. The Hall–Kier alpha value is -14.4. The van der Waals surface area contributed by atoms with Crippen molar-refractivity contribution < 1.29 is 18.9 Å². The molecule has 12 heteroatoms. The maximum atomic E-state index is 6.53. The summed E-state index contributed by atoms with van der Waals surface area (Å²) in [5.41, 5.74) is 35.6. The molecule has 0 radical (unpaired) electrons. The van der Waals surface area contributed by atoms with Gasteiger partial charge in [0.2, 0.25) is 13.4 Å². The second-order valence-electron chi connectivity index (χ2n) is 35.8. The zero-order valence-corrected chi connectivity index (χ0v) is 73.4. The van der Waals surface area contributed by atoms with Crippen LogP contribution in [0.15, 0.2) is 352 Å². The molecule has 16 aromatic carbocycles. The van der Waals surface area contributed by atoms with Gasteiger partial charge in [-0.15, -0.1) is 0 Å². The Kier molecular flexibility index (Phi) is 20.1. The molecule has 10 nitrogen and oxygen atoms in total. The first-order valence-electron chi connectivity index (χ1n) is 44.8. The number of hydrogen-bond acceptors (Lipinski definition) is 10. The van der Waals surface area contributed by atoms with Gasteiger partial charge in [-0.3, -0.25) is 0 Å². The lowest BCUT2D eigenvalue weighted by Crippen LogP contribution is -2.59. The average molecular weight is 1640 g/mol. The number of ether oxygens (including phenoxy) is 4. The number of anilines is 18. The lowest BCUT2D eigenvalue weighted by atomic mass is 9.33. The summed E-state index contributed by atoms with van der Waals surface area (Å²) in [7, 11) is 0. The predicted molar refractivity (Wildman–Crippen MR) is 528 cm³/mol. The smallest absolute Gasteiger partial charge is 0.247 e. The summed E-state index contributed by atoms with van der Waals surface area (Å²) in [6, 6.07) is 127. The molecule has 16 aromatic rings. The number of nitrogens with zero attached hydrogens (tertiary/aromatic N) is 6. The first-order valence-corrected chi connectivity index (χ1v) is 44.8. The summed E-state index contributed by atoms with van der Waals surface area (Å²) in [6.45, 7) is 28.0. The van der Waals surface area contributed by atoms with E-state index < -0.39 is 0 Å². The highest BCUT2D eigenvalue weighted by molar-refractivity contribution is 6.99. The Bertz CT molecular complexity index is 5970. The molecular weight excluding hydrogens is 1540 g/mol. The second kappa shape index (κ2) is 32.1. The van der Waals surface area contributed by atoms with Crippen LogP contribution < -0.4 is 81.1 Å². The average Bonchev–Trinajstić information content (AvgIpc) is 0.712. The molecule has 0 unspecified atom stereocenters. The number of rotatable bonds is 14. The Balaban J connectivity index is 0.000000154. The van der Waals surface area contributed by atoms with E-state index in [2.05, 4.69) is 416 Å². The second-order valence-corrected chi connectivity index (χ2v) is 35.8. The van der Waals surface area contributed by atoms with Gasteiger partial charge in [0.15, 0.2) is 46.0 Å². The lowest BCUT2D eigenvalue weighted by Gasteiger charge is -2.41. The van der Waals surface area contributed by atoms with Gasteiger partial charge in [-0.05, 0) is 285 Å². The summed E-state index contributed by atoms with van der Waals surface area (Å²) in [5.74, 6) is 8.66. The van der Waals surface area contributed by atoms with Gasteiger partial charge in [0.1, 0.15) is 0 Å². The minimum atomic E-state index is -0.107. The van der Waals surface area contributed by atoms with Crippen molar-refractivity contribution in [3.05, 3.63) is 385 Å². The van der Waals surface area contributed by atoms with Gasteiger partial charge in [-0.2, -0.15) is 0 Å². The van der Waals surface area contributed by atoms with Crippen molar-refractivity contribution in [2.24, 2.45) is 0 Å². The summed E-state index contributed by atoms with van der Waals surface area (Å²) >= 11 is 0. The van der Waals surface area contributed by atoms with E-state index in [1.54, 1.807) is 0 Å². The Morgan fingerprint density at radius 2 is 0.357 bits per heavy atom. The predicted octanol–water partition coefficient (Wildman–Crippen LogP) is 29.0. The minimum Gasteiger partial charge on any atom is -0.453 e. The van der Waals surface area contributed by atoms with Crippen molar-refractivity contribution in [1.82, 2.24) is 0 Å². The van der Waals surface area contributed by atoms with Gasteiger partial charge in [-0.1, -0.05) is 252 Å². The van der Waals surface area contributed by atoms with Gasteiger partial charge >= 0.3 is 0 Å². The molecule has 0 spiro atoms. The molecule has 126 heavy (non-hydrogen) atoms. The van der Waals surface area contributed by atoms with E-state index >= 15 is 0 Å². The normalized spacial score (nSPS) is 13.5. The molecule has 0 amide bonds. The number of fused-ring (bicyclic) bond motifs is 12. The van der Waals surface area contributed by atoms with Crippen LogP contribution >= 0.6 is 0 Å². The van der Waals surface area contributed by atoms with Crippen LogP contribution in [0, 0.1) is 0 Å². The Labute approximate surface area is 741 Å². The zero-order chi connectivity index (χ0) is 85.9. The lowest BCUT2D eigenvalue weighted by molar-refractivity contribution is 0.477. The van der Waals surface area contributed by atoms with Crippen LogP contribution in [0.1, 0.15) is 152 Å². The molecule has 6 heterocycles. The van der Waals surface area contributed by atoms with Gasteiger partial charge in [0, 0.05) is 56.9 Å². The maximum Gasteiger partial charge on any atom is 0.247 e. The molecule has 0 aliphatic carbocycles. The van der Waals surface area contributed by atoms with Crippen LogP contribution in [0.4, 0.5) is 102 Å². The molecule has 6 aliphatic heterocycles.